The minimum absolute atomic E-state index is 0.00458. The normalized spacial score (nSPS) is 18.4. The summed E-state index contributed by atoms with van der Waals surface area (Å²) in [5.74, 6) is 1.47. The van der Waals surface area contributed by atoms with Crippen molar-refractivity contribution in [3.8, 4) is 11.5 Å². The highest BCUT2D eigenvalue weighted by atomic mass is 32.2. The van der Waals surface area contributed by atoms with Crippen LogP contribution in [0.25, 0.3) is 0 Å². The molecule has 0 amide bonds. The van der Waals surface area contributed by atoms with Gasteiger partial charge in [-0.1, -0.05) is 31.2 Å². The highest BCUT2D eigenvalue weighted by Crippen LogP contribution is 2.22. The van der Waals surface area contributed by atoms with Gasteiger partial charge in [0.05, 0.1) is 23.7 Å². The van der Waals surface area contributed by atoms with Gasteiger partial charge in [-0.3, -0.25) is 9.69 Å². The molecular weight excluding hydrogens is 430 g/mol. The van der Waals surface area contributed by atoms with E-state index in [1.54, 1.807) is 24.3 Å². The summed E-state index contributed by atoms with van der Waals surface area (Å²) in [4.78, 5) is 13.2. The molecule has 0 aliphatic carbocycles. The summed E-state index contributed by atoms with van der Waals surface area (Å²) in [7, 11) is -3.06. The topological polar surface area (TPSA) is 93.1 Å². The van der Waals surface area contributed by atoms with E-state index in [0.717, 1.165) is 17.7 Å². The first-order chi connectivity index (χ1) is 15.4. The fourth-order valence-corrected chi connectivity index (χ4v) is 5.53. The summed E-state index contributed by atoms with van der Waals surface area (Å²) in [6.07, 6.45) is 1.35. The predicted octanol–water partition coefficient (Wildman–Crippen LogP) is 2.72. The van der Waals surface area contributed by atoms with Crippen molar-refractivity contribution in [1.29, 1.82) is 0 Å². The maximum atomic E-state index is 12.0. The van der Waals surface area contributed by atoms with E-state index in [1.165, 1.54) is 0 Å². The van der Waals surface area contributed by atoms with Crippen molar-refractivity contribution in [2.24, 2.45) is 0 Å². The van der Waals surface area contributed by atoms with Crippen molar-refractivity contribution < 1.29 is 27.8 Å². The highest BCUT2D eigenvalue weighted by molar-refractivity contribution is 7.91. The molecule has 1 N–H and O–H groups in total. The van der Waals surface area contributed by atoms with Crippen molar-refractivity contribution in [3.63, 3.8) is 0 Å². The number of carbonyl (C=O) groups is 1. The number of benzene rings is 2. The zero-order valence-corrected chi connectivity index (χ0v) is 19.2. The molecule has 0 radical (unpaired) electrons. The number of aldehydes is 1. The molecule has 2 aromatic carbocycles. The Morgan fingerprint density at radius 3 is 2.56 bits per heavy atom. The third-order valence-electron chi connectivity index (χ3n) is 5.43. The predicted molar refractivity (Wildman–Crippen MR) is 123 cm³/mol. The zero-order valence-electron chi connectivity index (χ0n) is 18.4. The molecule has 32 heavy (non-hydrogen) atoms. The quantitative estimate of drug-likeness (QED) is 0.486. The molecule has 2 unspecified atom stereocenters. The Balaban J connectivity index is 1.65. The second-order valence-corrected chi connectivity index (χ2v) is 10.3. The second-order valence-electron chi connectivity index (χ2n) is 8.10. The Labute approximate surface area is 189 Å². The average molecular weight is 462 g/mol. The molecular formula is C24H31NO6S. The van der Waals surface area contributed by atoms with Gasteiger partial charge in [0.2, 0.25) is 0 Å². The standard InChI is InChI=1S/C24H31NO6S/c1-2-12-30-23-9-7-19(8-10-23)14-25(21-11-13-32(28,29)18-21)15-22(27)17-31-24-6-4-3-5-20(24)16-26/h3-10,16,21-22,27H,2,11-15,17-18H2,1H3. The molecule has 8 heteroatoms. The first-order valence-electron chi connectivity index (χ1n) is 10.9. The van der Waals surface area contributed by atoms with E-state index in [-0.39, 0.29) is 30.7 Å². The molecule has 0 spiro atoms. The van der Waals surface area contributed by atoms with Gasteiger partial charge in [-0.2, -0.15) is 0 Å². The van der Waals surface area contributed by atoms with Crippen LogP contribution in [0.2, 0.25) is 0 Å². The van der Waals surface area contributed by atoms with E-state index >= 15 is 0 Å². The lowest BCUT2D eigenvalue weighted by molar-refractivity contribution is 0.0522. The van der Waals surface area contributed by atoms with Crippen LogP contribution in [-0.2, 0) is 16.4 Å². The molecule has 1 heterocycles. The molecule has 0 saturated carbocycles. The van der Waals surface area contributed by atoms with Gasteiger partial charge in [0.25, 0.3) is 0 Å². The SMILES string of the molecule is CCCOc1ccc(CN(CC(O)COc2ccccc2C=O)C2CCS(=O)(=O)C2)cc1. The number of aliphatic hydroxyl groups is 1. The summed E-state index contributed by atoms with van der Waals surface area (Å²) in [6, 6.07) is 14.4. The van der Waals surface area contributed by atoms with E-state index in [4.69, 9.17) is 9.47 Å². The van der Waals surface area contributed by atoms with Gasteiger partial charge >= 0.3 is 0 Å². The van der Waals surface area contributed by atoms with Gasteiger partial charge < -0.3 is 14.6 Å². The van der Waals surface area contributed by atoms with Gasteiger partial charge in [-0.25, -0.2) is 8.42 Å². The Hall–Kier alpha value is -2.42. The molecule has 1 saturated heterocycles. The Morgan fingerprint density at radius 2 is 1.91 bits per heavy atom. The van der Waals surface area contributed by atoms with E-state index in [1.807, 2.05) is 29.2 Å². The van der Waals surface area contributed by atoms with Gasteiger partial charge in [-0.05, 0) is 42.7 Å². The Kier molecular flexibility index (Phi) is 8.67. The Bertz CT molecular complexity index is 976. The Morgan fingerprint density at radius 1 is 1.16 bits per heavy atom. The van der Waals surface area contributed by atoms with Crippen LogP contribution in [0.5, 0.6) is 11.5 Å². The van der Waals surface area contributed by atoms with Crippen molar-refractivity contribution in [2.45, 2.75) is 38.5 Å². The summed E-state index contributed by atoms with van der Waals surface area (Å²) in [5.41, 5.74) is 1.43. The lowest BCUT2D eigenvalue weighted by atomic mass is 10.1. The van der Waals surface area contributed by atoms with Crippen molar-refractivity contribution in [1.82, 2.24) is 4.90 Å². The van der Waals surface area contributed by atoms with Crippen LogP contribution in [0.1, 0.15) is 35.7 Å². The number of nitrogens with zero attached hydrogens (tertiary/aromatic N) is 1. The van der Waals surface area contributed by atoms with Crippen molar-refractivity contribution in [3.05, 3.63) is 59.7 Å². The van der Waals surface area contributed by atoms with E-state index in [9.17, 15) is 18.3 Å². The molecule has 0 bridgehead atoms. The number of rotatable bonds is 12. The smallest absolute Gasteiger partial charge is 0.153 e. The zero-order chi connectivity index (χ0) is 23.0. The maximum absolute atomic E-state index is 12.0. The maximum Gasteiger partial charge on any atom is 0.153 e. The molecule has 2 atom stereocenters. The molecule has 7 nitrogen and oxygen atoms in total. The molecule has 0 aromatic heterocycles. The van der Waals surface area contributed by atoms with Crippen LogP contribution in [-0.4, -0.2) is 68.1 Å². The molecule has 1 aliphatic heterocycles. The molecule has 1 aliphatic rings. The lowest BCUT2D eigenvalue weighted by Crippen LogP contribution is -2.42. The number of para-hydroxylation sites is 1. The van der Waals surface area contributed by atoms with Crippen LogP contribution >= 0.6 is 0 Å². The molecule has 1 fully saturated rings. The van der Waals surface area contributed by atoms with E-state index in [2.05, 4.69) is 6.92 Å². The molecule has 3 rings (SSSR count). The highest BCUT2D eigenvalue weighted by Gasteiger charge is 2.33. The summed E-state index contributed by atoms with van der Waals surface area (Å²) >= 11 is 0. The van der Waals surface area contributed by atoms with E-state index < -0.39 is 15.9 Å². The number of aliphatic hydroxyl groups excluding tert-OH is 1. The summed E-state index contributed by atoms with van der Waals surface area (Å²) in [6.45, 7) is 3.48. The van der Waals surface area contributed by atoms with Crippen LogP contribution in [0.3, 0.4) is 0 Å². The monoisotopic (exact) mass is 461 g/mol. The van der Waals surface area contributed by atoms with Gasteiger partial charge in [-0.15, -0.1) is 0 Å². The minimum atomic E-state index is -3.06. The third-order valence-corrected chi connectivity index (χ3v) is 7.18. The number of hydrogen-bond acceptors (Lipinski definition) is 7. The first kappa shape index (κ1) is 24.2. The number of carbonyl (C=O) groups excluding carboxylic acids is 1. The molecule has 2 aromatic rings. The van der Waals surface area contributed by atoms with Crippen LogP contribution in [0.15, 0.2) is 48.5 Å². The average Bonchev–Trinajstić information content (AvgIpc) is 3.16. The van der Waals surface area contributed by atoms with Crippen LogP contribution in [0.4, 0.5) is 0 Å². The van der Waals surface area contributed by atoms with Crippen LogP contribution < -0.4 is 9.47 Å². The van der Waals surface area contributed by atoms with Gasteiger partial charge in [0.1, 0.15) is 24.2 Å². The third kappa shape index (κ3) is 7.05. The van der Waals surface area contributed by atoms with Crippen molar-refractivity contribution in [2.75, 3.05) is 31.3 Å². The minimum Gasteiger partial charge on any atom is -0.494 e. The number of sulfone groups is 1. The van der Waals surface area contributed by atoms with Gasteiger partial charge in [0.15, 0.2) is 16.1 Å². The summed E-state index contributed by atoms with van der Waals surface area (Å²) in [5, 5.41) is 10.6. The fraction of sp³-hybridized carbons (Fsp3) is 0.458. The van der Waals surface area contributed by atoms with E-state index in [0.29, 0.717) is 37.2 Å². The van der Waals surface area contributed by atoms with Gasteiger partial charge in [0, 0.05) is 19.1 Å². The van der Waals surface area contributed by atoms with Crippen molar-refractivity contribution >= 4 is 16.1 Å². The first-order valence-corrected chi connectivity index (χ1v) is 12.7. The summed E-state index contributed by atoms with van der Waals surface area (Å²) < 4.78 is 35.4. The molecule has 174 valence electrons. The lowest BCUT2D eigenvalue weighted by Gasteiger charge is -2.30. The second kappa shape index (κ2) is 11.4. The van der Waals surface area contributed by atoms with Crippen LogP contribution in [0, 0.1) is 0 Å². The number of ether oxygens (including phenoxy) is 2. The largest absolute Gasteiger partial charge is 0.494 e. The fourth-order valence-electron chi connectivity index (χ4n) is 3.77. The number of hydrogen-bond donors (Lipinski definition) is 1.